The van der Waals surface area contributed by atoms with Crippen molar-refractivity contribution in [3.05, 3.63) is 29.8 Å². The van der Waals surface area contributed by atoms with Crippen molar-refractivity contribution in [1.82, 2.24) is 10.6 Å². The molecule has 4 bridgehead atoms. The van der Waals surface area contributed by atoms with Gasteiger partial charge in [0.15, 0.2) is 0 Å². The van der Waals surface area contributed by atoms with Gasteiger partial charge >= 0.3 is 0 Å². The number of hydrogen-bond acceptors (Lipinski definition) is 3. The Kier molecular flexibility index (Phi) is 5.83. The first kappa shape index (κ1) is 20.4. The lowest BCUT2D eigenvalue weighted by atomic mass is 9.53. The van der Waals surface area contributed by atoms with Crippen molar-refractivity contribution >= 4 is 23.6 Å². The molecule has 0 aliphatic heterocycles. The number of hydrogen-bond donors (Lipinski definition) is 2. The van der Waals surface area contributed by atoms with Gasteiger partial charge in [-0.1, -0.05) is 31.4 Å². The maximum atomic E-state index is 12.9. The molecule has 5 heteroatoms. The first-order valence-electron chi connectivity index (χ1n) is 11.9. The van der Waals surface area contributed by atoms with Gasteiger partial charge in [0.05, 0.1) is 11.3 Å². The van der Waals surface area contributed by atoms with Crippen LogP contribution in [0, 0.1) is 17.8 Å². The van der Waals surface area contributed by atoms with Crippen molar-refractivity contribution in [2.45, 2.75) is 87.1 Å². The molecule has 1 aromatic rings. The highest BCUT2D eigenvalue weighted by Gasteiger charge is 2.51. The molecule has 0 atom stereocenters. The van der Waals surface area contributed by atoms with E-state index in [2.05, 4.69) is 10.6 Å². The normalized spacial score (nSPS) is 32.7. The van der Waals surface area contributed by atoms with E-state index in [0.29, 0.717) is 17.4 Å². The van der Waals surface area contributed by atoms with Crippen LogP contribution in [0.4, 0.5) is 0 Å². The molecule has 2 N–H and O–H groups in total. The Morgan fingerprint density at radius 1 is 0.933 bits per heavy atom. The summed E-state index contributed by atoms with van der Waals surface area (Å²) in [6, 6.07) is 8.02. The van der Waals surface area contributed by atoms with E-state index in [4.69, 9.17) is 0 Å². The molecule has 0 saturated heterocycles. The molecule has 5 aliphatic carbocycles. The van der Waals surface area contributed by atoms with E-state index < -0.39 is 0 Å². The van der Waals surface area contributed by atoms with Gasteiger partial charge in [0.1, 0.15) is 0 Å². The second-order valence-electron chi connectivity index (χ2n) is 10.3. The Balaban J connectivity index is 1.18. The van der Waals surface area contributed by atoms with Crippen molar-refractivity contribution in [2.24, 2.45) is 17.8 Å². The minimum absolute atomic E-state index is 0.00601. The molecule has 0 spiro atoms. The van der Waals surface area contributed by atoms with E-state index in [1.807, 2.05) is 24.3 Å². The van der Waals surface area contributed by atoms with Crippen molar-refractivity contribution in [3.8, 4) is 0 Å². The minimum atomic E-state index is 0.00601. The van der Waals surface area contributed by atoms with E-state index >= 15 is 0 Å². The summed E-state index contributed by atoms with van der Waals surface area (Å²) in [5, 5.41) is 6.66. The van der Waals surface area contributed by atoms with Crippen LogP contribution in [0.2, 0.25) is 0 Å². The minimum Gasteiger partial charge on any atom is -0.350 e. The third kappa shape index (κ3) is 4.42. The average molecular weight is 427 g/mol. The first-order chi connectivity index (χ1) is 14.6. The standard InChI is InChI=1S/C25H34N2O2S/c28-23(27-25-13-17-10-18(14-25)12-19(11-17)15-25)16-30-22-9-5-4-8-21(22)24(29)26-20-6-2-1-3-7-20/h4-5,8-9,17-20H,1-3,6-7,10-16H2,(H,26,29)(H,27,28). The van der Waals surface area contributed by atoms with Crippen molar-refractivity contribution in [1.29, 1.82) is 0 Å². The van der Waals surface area contributed by atoms with Gasteiger partial charge in [-0.2, -0.15) is 0 Å². The Morgan fingerprint density at radius 3 is 2.23 bits per heavy atom. The number of benzene rings is 1. The number of thioether (sulfide) groups is 1. The number of carbonyl (C=O) groups is 2. The zero-order valence-electron chi connectivity index (χ0n) is 17.8. The van der Waals surface area contributed by atoms with Gasteiger partial charge < -0.3 is 10.6 Å². The fraction of sp³-hybridized carbons (Fsp3) is 0.680. The van der Waals surface area contributed by atoms with Crippen molar-refractivity contribution < 1.29 is 9.59 Å². The van der Waals surface area contributed by atoms with Crippen LogP contribution >= 0.6 is 11.8 Å². The molecular weight excluding hydrogens is 392 g/mol. The molecule has 5 saturated carbocycles. The summed E-state index contributed by atoms with van der Waals surface area (Å²) in [6.07, 6.45) is 13.5. The van der Waals surface area contributed by atoms with E-state index in [1.54, 1.807) is 0 Å². The molecule has 0 unspecified atom stereocenters. The van der Waals surface area contributed by atoms with Crippen LogP contribution < -0.4 is 10.6 Å². The van der Waals surface area contributed by atoms with Gasteiger partial charge in [0.25, 0.3) is 5.91 Å². The van der Waals surface area contributed by atoms with Crippen LogP contribution in [0.15, 0.2) is 29.2 Å². The Bertz CT molecular complexity index is 767. The van der Waals surface area contributed by atoms with E-state index in [-0.39, 0.29) is 17.4 Å². The average Bonchev–Trinajstić information content (AvgIpc) is 2.72. The number of nitrogens with one attached hydrogen (secondary N) is 2. The predicted octanol–water partition coefficient (Wildman–Crippen LogP) is 4.93. The number of rotatable bonds is 6. The highest BCUT2D eigenvalue weighted by Crippen LogP contribution is 2.55. The number of amides is 2. The third-order valence-electron chi connectivity index (χ3n) is 7.87. The lowest BCUT2D eigenvalue weighted by Gasteiger charge is -2.56. The zero-order chi connectivity index (χ0) is 20.6. The largest absolute Gasteiger partial charge is 0.350 e. The molecule has 0 heterocycles. The zero-order valence-corrected chi connectivity index (χ0v) is 18.6. The summed E-state index contributed by atoms with van der Waals surface area (Å²) < 4.78 is 0. The first-order valence-corrected chi connectivity index (χ1v) is 12.9. The highest BCUT2D eigenvalue weighted by atomic mass is 32.2. The molecule has 5 fully saturated rings. The molecule has 1 aromatic carbocycles. The van der Waals surface area contributed by atoms with Gasteiger partial charge in [-0.25, -0.2) is 0 Å². The van der Waals surface area contributed by atoms with Crippen LogP contribution in [0.1, 0.15) is 81.0 Å². The van der Waals surface area contributed by atoms with Crippen LogP contribution in [0.25, 0.3) is 0 Å². The second kappa shape index (κ2) is 8.57. The Hall–Kier alpha value is -1.49. The number of carbonyl (C=O) groups excluding carboxylic acids is 2. The monoisotopic (exact) mass is 426 g/mol. The van der Waals surface area contributed by atoms with Crippen LogP contribution in [0.5, 0.6) is 0 Å². The van der Waals surface area contributed by atoms with Gasteiger partial charge in [0.2, 0.25) is 5.91 Å². The van der Waals surface area contributed by atoms with Gasteiger partial charge in [0, 0.05) is 16.5 Å². The van der Waals surface area contributed by atoms with E-state index in [1.165, 1.54) is 69.5 Å². The summed E-state index contributed by atoms with van der Waals surface area (Å²) in [5.74, 6) is 3.00. The molecule has 4 nitrogen and oxygen atoms in total. The van der Waals surface area contributed by atoms with Gasteiger partial charge in [-0.05, 0) is 81.3 Å². The smallest absolute Gasteiger partial charge is 0.252 e. The molecular formula is C25H34N2O2S. The lowest BCUT2D eigenvalue weighted by molar-refractivity contribution is -0.124. The maximum Gasteiger partial charge on any atom is 0.252 e. The summed E-state index contributed by atoms with van der Waals surface area (Å²) >= 11 is 1.50. The highest BCUT2D eigenvalue weighted by molar-refractivity contribution is 8.00. The SMILES string of the molecule is O=C(CSc1ccccc1C(=O)NC1CCCCC1)NC12CC3CC(CC(C3)C1)C2. The van der Waals surface area contributed by atoms with Crippen LogP contribution in [-0.2, 0) is 4.79 Å². The maximum absolute atomic E-state index is 12.9. The lowest BCUT2D eigenvalue weighted by Crippen LogP contribution is -2.60. The fourth-order valence-electron chi connectivity index (χ4n) is 7.03. The Labute approximate surface area is 184 Å². The third-order valence-corrected chi connectivity index (χ3v) is 8.95. The topological polar surface area (TPSA) is 58.2 Å². The van der Waals surface area contributed by atoms with E-state index in [0.717, 1.165) is 35.5 Å². The van der Waals surface area contributed by atoms with Crippen molar-refractivity contribution in [2.75, 3.05) is 5.75 Å². The van der Waals surface area contributed by atoms with Gasteiger partial charge in [-0.15, -0.1) is 11.8 Å². The van der Waals surface area contributed by atoms with E-state index in [9.17, 15) is 9.59 Å². The molecule has 2 amide bonds. The predicted molar refractivity (Wildman–Crippen MR) is 121 cm³/mol. The molecule has 0 aromatic heterocycles. The van der Waals surface area contributed by atoms with Crippen molar-refractivity contribution in [3.63, 3.8) is 0 Å². The second-order valence-corrected chi connectivity index (χ2v) is 11.4. The fourth-order valence-corrected chi connectivity index (χ4v) is 7.88. The summed E-state index contributed by atoms with van der Waals surface area (Å²) in [4.78, 5) is 26.6. The summed E-state index contributed by atoms with van der Waals surface area (Å²) in [6.45, 7) is 0. The molecule has 0 radical (unpaired) electrons. The molecule has 5 aliphatic rings. The molecule has 162 valence electrons. The summed E-state index contributed by atoms with van der Waals surface area (Å²) in [5.41, 5.74) is 0.764. The summed E-state index contributed by atoms with van der Waals surface area (Å²) in [7, 11) is 0. The molecule has 6 rings (SSSR count). The quantitative estimate of drug-likeness (QED) is 0.635. The van der Waals surface area contributed by atoms with Crippen LogP contribution in [-0.4, -0.2) is 29.1 Å². The Morgan fingerprint density at radius 2 is 1.57 bits per heavy atom. The molecule has 30 heavy (non-hydrogen) atoms. The van der Waals surface area contributed by atoms with Gasteiger partial charge in [-0.3, -0.25) is 9.59 Å². The van der Waals surface area contributed by atoms with Crippen LogP contribution in [0.3, 0.4) is 0 Å².